The Morgan fingerprint density at radius 1 is 1.35 bits per heavy atom. The predicted molar refractivity (Wildman–Crippen MR) is 83.7 cm³/mol. The quantitative estimate of drug-likeness (QED) is 0.749. The molecule has 1 heterocycles. The van der Waals surface area contributed by atoms with Gasteiger partial charge >= 0.3 is 0 Å². The highest BCUT2D eigenvalue weighted by molar-refractivity contribution is 9.09. The summed E-state index contributed by atoms with van der Waals surface area (Å²) in [5.74, 6) is -0.119. The average Bonchev–Trinajstić information content (AvgIpc) is 2.48. The molecule has 1 atom stereocenters. The minimum absolute atomic E-state index is 0.0787. The molecule has 1 fully saturated rings. The molecule has 0 spiro atoms. The molecule has 2 nitrogen and oxygen atoms in total. The molecule has 112 valence electrons. The summed E-state index contributed by atoms with van der Waals surface area (Å²) in [7, 11) is 2.08. The third kappa shape index (κ3) is 3.60. The fraction of sp³-hybridized carbons (Fsp3) is 0.625. The normalized spacial score (nSPS) is 20.1. The summed E-state index contributed by atoms with van der Waals surface area (Å²) in [6.45, 7) is 4.68. The van der Waals surface area contributed by atoms with Crippen LogP contribution in [0.5, 0.6) is 0 Å². The van der Waals surface area contributed by atoms with Crippen LogP contribution in [0.4, 0.5) is 4.39 Å². The first-order chi connectivity index (χ1) is 9.58. The van der Waals surface area contributed by atoms with Gasteiger partial charge in [0.1, 0.15) is 5.82 Å². The van der Waals surface area contributed by atoms with Crippen LogP contribution in [0.1, 0.15) is 31.4 Å². The number of benzene rings is 1. The van der Waals surface area contributed by atoms with Crippen molar-refractivity contribution in [3.05, 3.63) is 35.6 Å². The zero-order chi connectivity index (χ0) is 14.6. The molecular formula is C16H23BrFNO. The van der Waals surface area contributed by atoms with E-state index in [1.807, 2.05) is 12.1 Å². The van der Waals surface area contributed by atoms with Gasteiger partial charge in [-0.05, 0) is 38.3 Å². The molecule has 1 aliphatic heterocycles. The fourth-order valence-electron chi connectivity index (χ4n) is 2.86. The molecule has 1 saturated heterocycles. The average molecular weight is 344 g/mol. The van der Waals surface area contributed by atoms with Gasteiger partial charge in [-0.3, -0.25) is 4.90 Å². The topological polar surface area (TPSA) is 12.5 Å². The van der Waals surface area contributed by atoms with E-state index < -0.39 is 0 Å². The van der Waals surface area contributed by atoms with Crippen LogP contribution >= 0.6 is 15.9 Å². The molecule has 1 unspecified atom stereocenters. The molecule has 1 aromatic carbocycles. The number of nitrogens with zero attached hydrogens (tertiary/aromatic N) is 1. The summed E-state index contributed by atoms with van der Waals surface area (Å²) in [6, 6.07) is 7.13. The first-order valence-electron chi connectivity index (χ1n) is 7.16. The lowest BCUT2D eigenvalue weighted by atomic mass is 9.81. The molecule has 0 aromatic heterocycles. The SMILES string of the molecule is CC(c1ccccc1F)N(C)CC1(CBr)CCOCC1. The van der Waals surface area contributed by atoms with Gasteiger partial charge in [-0.15, -0.1) is 0 Å². The van der Waals surface area contributed by atoms with Gasteiger partial charge in [-0.25, -0.2) is 4.39 Å². The van der Waals surface area contributed by atoms with Gasteiger partial charge in [0, 0.05) is 36.7 Å². The van der Waals surface area contributed by atoms with Crippen LogP contribution in [0.25, 0.3) is 0 Å². The van der Waals surface area contributed by atoms with Crippen molar-refractivity contribution in [3.8, 4) is 0 Å². The molecule has 0 amide bonds. The third-order valence-electron chi connectivity index (χ3n) is 4.44. The summed E-state index contributed by atoms with van der Waals surface area (Å²) >= 11 is 3.66. The molecule has 0 N–H and O–H groups in total. The van der Waals surface area contributed by atoms with Gasteiger partial charge in [0.2, 0.25) is 0 Å². The maximum atomic E-state index is 13.9. The van der Waals surface area contributed by atoms with Gasteiger partial charge in [-0.2, -0.15) is 0 Å². The Morgan fingerprint density at radius 2 is 2.00 bits per heavy atom. The Balaban J connectivity index is 2.07. The van der Waals surface area contributed by atoms with Gasteiger partial charge in [0.25, 0.3) is 0 Å². The van der Waals surface area contributed by atoms with E-state index in [1.165, 1.54) is 6.07 Å². The minimum Gasteiger partial charge on any atom is -0.381 e. The van der Waals surface area contributed by atoms with E-state index >= 15 is 0 Å². The maximum absolute atomic E-state index is 13.9. The molecule has 20 heavy (non-hydrogen) atoms. The van der Waals surface area contributed by atoms with Crippen molar-refractivity contribution in [1.82, 2.24) is 4.90 Å². The predicted octanol–water partition coefficient (Wildman–Crippen LogP) is 4.01. The van der Waals surface area contributed by atoms with Gasteiger partial charge < -0.3 is 4.74 Å². The highest BCUT2D eigenvalue weighted by Gasteiger charge is 2.34. The summed E-state index contributed by atoms with van der Waals surface area (Å²) in [6.07, 6.45) is 2.12. The van der Waals surface area contributed by atoms with Gasteiger partial charge in [0.05, 0.1) is 0 Å². The Labute approximate surface area is 129 Å². The number of alkyl halides is 1. The van der Waals surface area contributed by atoms with Crippen molar-refractivity contribution < 1.29 is 9.13 Å². The van der Waals surface area contributed by atoms with Crippen LogP contribution in [-0.2, 0) is 4.74 Å². The number of ether oxygens (including phenoxy) is 1. The number of hydrogen-bond donors (Lipinski definition) is 0. The summed E-state index contributed by atoms with van der Waals surface area (Å²) in [4.78, 5) is 2.25. The third-order valence-corrected chi connectivity index (χ3v) is 5.63. The van der Waals surface area contributed by atoms with Crippen LogP contribution < -0.4 is 0 Å². The first kappa shape index (κ1) is 15.9. The van der Waals surface area contributed by atoms with E-state index in [0.717, 1.165) is 43.5 Å². The molecule has 1 aliphatic rings. The Morgan fingerprint density at radius 3 is 2.60 bits per heavy atom. The highest BCUT2D eigenvalue weighted by Crippen LogP contribution is 2.35. The van der Waals surface area contributed by atoms with E-state index in [-0.39, 0.29) is 17.3 Å². The number of rotatable bonds is 5. The maximum Gasteiger partial charge on any atom is 0.127 e. The van der Waals surface area contributed by atoms with Crippen molar-refractivity contribution in [3.63, 3.8) is 0 Å². The van der Waals surface area contributed by atoms with Crippen LogP contribution in [0.3, 0.4) is 0 Å². The molecule has 0 bridgehead atoms. The molecule has 0 saturated carbocycles. The van der Waals surface area contributed by atoms with E-state index in [1.54, 1.807) is 6.07 Å². The fourth-order valence-corrected chi connectivity index (χ4v) is 3.59. The standard InChI is InChI=1S/C16H23BrFNO/c1-13(14-5-3-4-6-15(14)18)19(2)12-16(11-17)7-9-20-10-8-16/h3-6,13H,7-12H2,1-2H3. The highest BCUT2D eigenvalue weighted by atomic mass is 79.9. The number of halogens is 2. The lowest BCUT2D eigenvalue weighted by Gasteiger charge is -2.40. The monoisotopic (exact) mass is 343 g/mol. The van der Waals surface area contributed by atoms with Gasteiger partial charge in [0.15, 0.2) is 0 Å². The Kier molecular flexibility index (Phi) is 5.58. The second-order valence-electron chi connectivity index (χ2n) is 5.86. The first-order valence-corrected chi connectivity index (χ1v) is 8.28. The van der Waals surface area contributed by atoms with E-state index in [9.17, 15) is 4.39 Å². The summed E-state index contributed by atoms with van der Waals surface area (Å²) in [5.41, 5.74) is 1.01. The van der Waals surface area contributed by atoms with Crippen LogP contribution in [0.2, 0.25) is 0 Å². The van der Waals surface area contributed by atoms with E-state index in [2.05, 4.69) is 34.8 Å². The van der Waals surface area contributed by atoms with Crippen molar-refractivity contribution in [2.24, 2.45) is 5.41 Å². The van der Waals surface area contributed by atoms with E-state index in [0.29, 0.717) is 0 Å². The zero-order valence-electron chi connectivity index (χ0n) is 12.2. The lowest BCUT2D eigenvalue weighted by molar-refractivity contribution is 0.00654. The lowest BCUT2D eigenvalue weighted by Crippen LogP contribution is -2.42. The van der Waals surface area contributed by atoms with Crippen LogP contribution in [0, 0.1) is 11.2 Å². The van der Waals surface area contributed by atoms with Gasteiger partial charge in [-0.1, -0.05) is 34.1 Å². The van der Waals surface area contributed by atoms with Crippen molar-refractivity contribution in [1.29, 1.82) is 0 Å². The molecule has 0 radical (unpaired) electrons. The molecule has 2 rings (SSSR count). The smallest absolute Gasteiger partial charge is 0.127 e. The second kappa shape index (κ2) is 7.01. The minimum atomic E-state index is -0.119. The second-order valence-corrected chi connectivity index (χ2v) is 6.42. The Bertz CT molecular complexity index is 434. The summed E-state index contributed by atoms with van der Waals surface area (Å²) < 4.78 is 19.4. The van der Waals surface area contributed by atoms with Crippen molar-refractivity contribution >= 4 is 15.9 Å². The molecule has 0 aliphatic carbocycles. The van der Waals surface area contributed by atoms with Crippen molar-refractivity contribution in [2.75, 3.05) is 32.1 Å². The van der Waals surface area contributed by atoms with E-state index in [4.69, 9.17) is 4.74 Å². The van der Waals surface area contributed by atoms with Crippen molar-refractivity contribution in [2.45, 2.75) is 25.8 Å². The molecular weight excluding hydrogens is 321 g/mol. The molecule has 1 aromatic rings. The Hall–Kier alpha value is -0.450. The van der Waals surface area contributed by atoms with Crippen LogP contribution in [-0.4, -0.2) is 37.0 Å². The molecule has 4 heteroatoms. The van der Waals surface area contributed by atoms with Crippen LogP contribution in [0.15, 0.2) is 24.3 Å². The largest absolute Gasteiger partial charge is 0.381 e. The number of hydrogen-bond acceptors (Lipinski definition) is 2. The zero-order valence-corrected chi connectivity index (χ0v) is 13.8. The summed E-state index contributed by atoms with van der Waals surface area (Å²) in [5, 5.41) is 0.970.